The van der Waals surface area contributed by atoms with Gasteiger partial charge in [-0.2, -0.15) is 0 Å². The number of methoxy groups -OCH3 is 1. The second-order valence-corrected chi connectivity index (χ2v) is 7.74. The zero-order chi connectivity index (χ0) is 23.3. The van der Waals surface area contributed by atoms with Crippen molar-refractivity contribution in [1.82, 2.24) is 14.5 Å². The van der Waals surface area contributed by atoms with Crippen molar-refractivity contribution in [2.75, 3.05) is 37.4 Å². The molecule has 0 aromatic carbocycles. The lowest BCUT2D eigenvalue weighted by molar-refractivity contribution is -0.129. The van der Waals surface area contributed by atoms with Crippen molar-refractivity contribution in [2.45, 2.75) is 39.3 Å². The van der Waals surface area contributed by atoms with Gasteiger partial charge in [0.1, 0.15) is 11.6 Å². The summed E-state index contributed by atoms with van der Waals surface area (Å²) >= 11 is 0. The normalized spacial score (nSPS) is 16.0. The van der Waals surface area contributed by atoms with Crippen molar-refractivity contribution < 1.29 is 18.7 Å². The van der Waals surface area contributed by atoms with Crippen molar-refractivity contribution in [3.8, 4) is 0 Å². The fourth-order valence-corrected chi connectivity index (χ4v) is 3.79. The highest BCUT2D eigenvalue weighted by atomic mass is 16.5. The van der Waals surface area contributed by atoms with Crippen LogP contribution in [-0.4, -0.2) is 53.1 Å². The number of nitrogens with one attached hydrogen (secondary N) is 1. The van der Waals surface area contributed by atoms with Crippen LogP contribution in [-0.2, 0) is 27.4 Å². The first-order valence-electron chi connectivity index (χ1n) is 10.6. The molecule has 0 unspecified atom stereocenters. The number of rotatable bonds is 10. The number of H-pyrrole nitrogens is 1. The molecular formula is C21H29N5O6. The predicted molar refractivity (Wildman–Crippen MR) is 117 cm³/mol. The van der Waals surface area contributed by atoms with Gasteiger partial charge in [0.2, 0.25) is 11.8 Å². The van der Waals surface area contributed by atoms with E-state index in [4.69, 9.17) is 14.9 Å². The minimum Gasteiger partial charge on any atom is -0.467 e. The quantitative estimate of drug-likeness (QED) is 0.541. The number of nitrogens with zero attached hydrogens (tertiary/aromatic N) is 3. The molecule has 11 nitrogen and oxygen atoms in total. The lowest BCUT2D eigenvalue weighted by Gasteiger charge is -2.26. The number of carbonyl (C=O) groups excluding carboxylic acids is 2. The van der Waals surface area contributed by atoms with Gasteiger partial charge < -0.3 is 24.7 Å². The van der Waals surface area contributed by atoms with Crippen LogP contribution in [0.3, 0.4) is 0 Å². The second kappa shape index (κ2) is 10.3. The number of nitrogens with two attached hydrogens (primary N) is 1. The molecule has 174 valence electrons. The highest BCUT2D eigenvalue weighted by Crippen LogP contribution is 2.26. The average Bonchev–Trinajstić information content (AvgIpc) is 3.40. The largest absolute Gasteiger partial charge is 0.467 e. The Kier molecular flexibility index (Phi) is 7.52. The molecule has 3 rings (SSSR count). The zero-order valence-electron chi connectivity index (χ0n) is 18.3. The summed E-state index contributed by atoms with van der Waals surface area (Å²) in [5.41, 5.74) is 4.73. The Morgan fingerprint density at radius 2 is 2.16 bits per heavy atom. The number of anilines is 2. The molecule has 1 atom stereocenters. The van der Waals surface area contributed by atoms with Crippen LogP contribution in [0, 0.1) is 5.92 Å². The maximum absolute atomic E-state index is 13.4. The number of nitrogen functional groups attached to an aromatic ring is 1. The minimum absolute atomic E-state index is 0.0102. The van der Waals surface area contributed by atoms with Crippen LogP contribution in [0.25, 0.3) is 0 Å². The molecule has 11 heteroatoms. The highest BCUT2D eigenvalue weighted by Gasteiger charge is 2.38. The van der Waals surface area contributed by atoms with Gasteiger partial charge in [-0.25, -0.2) is 4.79 Å². The van der Waals surface area contributed by atoms with E-state index in [-0.39, 0.29) is 50.1 Å². The Balaban J connectivity index is 1.90. The van der Waals surface area contributed by atoms with Gasteiger partial charge >= 0.3 is 5.69 Å². The summed E-state index contributed by atoms with van der Waals surface area (Å²) in [5.74, 6) is -0.722. The van der Waals surface area contributed by atoms with E-state index in [0.717, 1.165) is 6.42 Å². The maximum Gasteiger partial charge on any atom is 0.330 e. The van der Waals surface area contributed by atoms with Crippen molar-refractivity contribution in [1.29, 1.82) is 0 Å². The van der Waals surface area contributed by atoms with Gasteiger partial charge in [-0.15, -0.1) is 0 Å². The SMILES string of the molecule is CCCCn1c(N)c(N(CCOC)C(=O)[C@@H]2CC(=O)N(Cc3ccco3)C2)c(=O)[nH]c1=O. The van der Waals surface area contributed by atoms with Gasteiger partial charge in [-0.3, -0.25) is 23.9 Å². The van der Waals surface area contributed by atoms with Crippen LogP contribution in [0.1, 0.15) is 31.9 Å². The molecule has 0 saturated carbocycles. The molecule has 3 N–H and O–H groups in total. The maximum atomic E-state index is 13.4. The number of hydrogen-bond acceptors (Lipinski definition) is 7. The summed E-state index contributed by atoms with van der Waals surface area (Å²) < 4.78 is 11.7. The number of hydrogen-bond donors (Lipinski definition) is 2. The first-order valence-corrected chi connectivity index (χ1v) is 10.6. The van der Waals surface area contributed by atoms with Crippen molar-refractivity contribution in [3.05, 3.63) is 45.0 Å². The predicted octanol–water partition coefficient (Wildman–Crippen LogP) is 0.540. The topological polar surface area (TPSA) is 144 Å². The first-order chi connectivity index (χ1) is 15.4. The highest BCUT2D eigenvalue weighted by molar-refractivity contribution is 6.00. The summed E-state index contributed by atoms with van der Waals surface area (Å²) in [5, 5.41) is 0. The number of ether oxygens (including phenoxy) is 1. The fourth-order valence-electron chi connectivity index (χ4n) is 3.79. The van der Waals surface area contributed by atoms with Crippen LogP contribution in [0.5, 0.6) is 0 Å². The Morgan fingerprint density at radius 3 is 2.81 bits per heavy atom. The molecule has 2 aromatic rings. The van der Waals surface area contributed by atoms with E-state index in [0.29, 0.717) is 18.7 Å². The van der Waals surface area contributed by atoms with Gasteiger partial charge in [0, 0.05) is 33.2 Å². The molecule has 32 heavy (non-hydrogen) atoms. The standard InChI is InChI=1S/C21H29N5O6/c1-3-4-7-26-18(22)17(19(28)23-21(26)30)25(8-10-31-2)20(29)14-11-16(27)24(12-14)13-15-6-5-9-32-15/h5-6,9,14H,3-4,7-8,10-13,22H2,1-2H3,(H,23,28,30)/t14-/m1/s1. The fraction of sp³-hybridized carbons (Fsp3) is 0.524. The number of carbonyl (C=O) groups is 2. The van der Waals surface area contributed by atoms with Crippen molar-refractivity contribution in [2.24, 2.45) is 5.92 Å². The van der Waals surface area contributed by atoms with Crippen LogP contribution in [0.15, 0.2) is 32.4 Å². The molecule has 1 fully saturated rings. The molecule has 0 aliphatic carbocycles. The Bertz CT molecular complexity index is 1060. The second-order valence-electron chi connectivity index (χ2n) is 7.74. The lowest BCUT2D eigenvalue weighted by atomic mass is 10.1. The van der Waals surface area contributed by atoms with Crippen LogP contribution < -0.4 is 21.9 Å². The molecule has 2 aromatic heterocycles. The lowest BCUT2D eigenvalue weighted by Crippen LogP contribution is -2.45. The van der Waals surface area contributed by atoms with E-state index in [1.54, 1.807) is 17.0 Å². The Hall–Kier alpha value is -3.34. The van der Waals surface area contributed by atoms with Gasteiger partial charge in [-0.1, -0.05) is 13.3 Å². The van der Waals surface area contributed by atoms with Crippen molar-refractivity contribution >= 4 is 23.3 Å². The third-order valence-electron chi connectivity index (χ3n) is 5.49. The van der Waals surface area contributed by atoms with Crippen LogP contribution in [0.4, 0.5) is 11.5 Å². The van der Waals surface area contributed by atoms with Crippen LogP contribution in [0.2, 0.25) is 0 Å². The molecule has 0 radical (unpaired) electrons. The third-order valence-corrected chi connectivity index (χ3v) is 5.49. The zero-order valence-corrected chi connectivity index (χ0v) is 18.3. The molecule has 3 heterocycles. The minimum atomic E-state index is -0.749. The third kappa shape index (κ3) is 4.93. The number of furan rings is 1. The summed E-state index contributed by atoms with van der Waals surface area (Å²) in [7, 11) is 1.47. The average molecular weight is 447 g/mol. The van der Waals surface area contributed by atoms with Gasteiger partial charge in [-0.05, 0) is 18.6 Å². The number of unbranched alkanes of at least 4 members (excludes halogenated alkanes) is 1. The molecule has 1 aliphatic rings. The number of likely N-dealkylation sites (tertiary alicyclic amines) is 1. The summed E-state index contributed by atoms with van der Waals surface area (Å²) in [4.78, 5) is 55.9. The van der Waals surface area contributed by atoms with E-state index < -0.39 is 23.1 Å². The molecule has 0 bridgehead atoms. The molecule has 2 amide bonds. The van der Waals surface area contributed by atoms with Gasteiger partial charge in [0.15, 0.2) is 5.69 Å². The van der Waals surface area contributed by atoms with E-state index >= 15 is 0 Å². The van der Waals surface area contributed by atoms with Gasteiger partial charge in [0.05, 0.1) is 25.3 Å². The van der Waals surface area contributed by atoms with Crippen molar-refractivity contribution in [3.63, 3.8) is 0 Å². The van der Waals surface area contributed by atoms with Gasteiger partial charge in [0.25, 0.3) is 5.56 Å². The number of aromatic nitrogens is 2. The van der Waals surface area contributed by atoms with E-state index in [1.807, 2.05) is 6.92 Å². The van der Waals surface area contributed by atoms with Crippen LogP contribution >= 0.6 is 0 Å². The Morgan fingerprint density at radius 1 is 1.38 bits per heavy atom. The number of aromatic amines is 1. The molecular weight excluding hydrogens is 418 g/mol. The first kappa shape index (κ1) is 23.3. The molecule has 1 aliphatic heterocycles. The van der Waals surface area contributed by atoms with E-state index in [9.17, 15) is 19.2 Å². The molecule has 1 saturated heterocycles. The van der Waals surface area contributed by atoms with E-state index in [1.165, 1.54) is 22.8 Å². The smallest absolute Gasteiger partial charge is 0.330 e. The Labute approximate surface area is 184 Å². The summed E-state index contributed by atoms with van der Waals surface area (Å²) in [6.45, 7) is 2.93. The summed E-state index contributed by atoms with van der Waals surface area (Å²) in [6.07, 6.45) is 3.03. The molecule has 0 spiro atoms. The van der Waals surface area contributed by atoms with E-state index in [2.05, 4.69) is 4.98 Å². The summed E-state index contributed by atoms with van der Waals surface area (Å²) in [6, 6.07) is 3.49. The monoisotopic (exact) mass is 447 g/mol. The number of amides is 2.